The number of hydrogen-bond donors (Lipinski definition) is 0. The number of hydrogen-bond acceptors (Lipinski definition) is 5. The molecule has 0 amide bonds. The fourth-order valence-corrected chi connectivity index (χ4v) is 5.21. The number of nitrogens with zero attached hydrogens (tertiary/aromatic N) is 1. The average Bonchev–Trinajstić information content (AvgIpc) is 2.96. The third-order valence-electron chi connectivity index (χ3n) is 6.44. The molecule has 29 heavy (non-hydrogen) atoms. The highest BCUT2D eigenvalue weighted by molar-refractivity contribution is 6.15. The Labute approximate surface area is 172 Å². The van der Waals surface area contributed by atoms with Gasteiger partial charge in [0.2, 0.25) is 0 Å². The highest BCUT2D eigenvalue weighted by Gasteiger charge is 2.49. The Bertz CT molecular complexity index is 929. The van der Waals surface area contributed by atoms with Crippen molar-refractivity contribution >= 4 is 17.6 Å². The molecule has 2 atom stereocenters. The molecule has 154 valence electrons. The number of rotatable bonds is 5. The molecule has 0 saturated heterocycles. The summed E-state index contributed by atoms with van der Waals surface area (Å²) in [7, 11) is 1.29. The van der Waals surface area contributed by atoms with Gasteiger partial charge in [-0.3, -0.25) is 0 Å². The van der Waals surface area contributed by atoms with E-state index < -0.39 is 11.9 Å². The molecule has 0 bridgehead atoms. The molecule has 3 aliphatic heterocycles. The van der Waals surface area contributed by atoms with Crippen LogP contribution >= 0.6 is 0 Å². The van der Waals surface area contributed by atoms with Crippen molar-refractivity contribution in [2.45, 2.75) is 64.4 Å². The molecule has 0 saturated carbocycles. The van der Waals surface area contributed by atoms with Gasteiger partial charge in [-0.2, -0.15) is 0 Å². The largest absolute Gasteiger partial charge is 0.465 e. The zero-order valence-electron chi connectivity index (χ0n) is 17.7. The molecule has 0 aromatic heterocycles. The number of aryl methyl sites for hydroxylation is 1. The van der Waals surface area contributed by atoms with Crippen molar-refractivity contribution in [1.82, 2.24) is 0 Å². The lowest BCUT2D eigenvalue weighted by Crippen LogP contribution is -2.42. The first-order valence-corrected chi connectivity index (χ1v) is 10.6. The number of ether oxygens (including phenoxy) is 2. The number of carbonyl (C=O) groups is 2. The second kappa shape index (κ2) is 7.36. The van der Waals surface area contributed by atoms with E-state index in [-0.39, 0.29) is 17.1 Å². The van der Waals surface area contributed by atoms with Crippen LogP contribution in [0.3, 0.4) is 0 Å². The van der Waals surface area contributed by atoms with Gasteiger partial charge in [0.1, 0.15) is 11.7 Å². The van der Waals surface area contributed by atoms with Crippen molar-refractivity contribution in [2.24, 2.45) is 0 Å². The fourth-order valence-electron chi connectivity index (χ4n) is 5.21. The highest BCUT2D eigenvalue weighted by Crippen LogP contribution is 2.54. The number of fused-ring (bicyclic) bond motifs is 4. The third kappa shape index (κ3) is 2.98. The standard InChI is InChI=1S/C24H29NO4/c1-5-7-15-8-9-19-18(13-15)24(3,11-6-2)21-16-14-17(22(26)28-4)23(27)29-20(16)10-12-25(19)21/h8-9,13-14,20H,5-7,10-12H2,1-4H3. The Morgan fingerprint density at radius 3 is 2.79 bits per heavy atom. The minimum Gasteiger partial charge on any atom is -0.465 e. The summed E-state index contributed by atoms with van der Waals surface area (Å²) in [6.07, 6.45) is 6.34. The molecule has 3 heterocycles. The van der Waals surface area contributed by atoms with Crippen LogP contribution in [0.1, 0.15) is 57.6 Å². The molecular formula is C24H29NO4. The van der Waals surface area contributed by atoms with E-state index in [1.165, 1.54) is 29.6 Å². The van der Waals surface area contributed by atoms with Crippen LogP contribution in [0.25, 0.3) is 0 Å². The first kappa shape index (κ1) is 19.7. The summed E-state index contributed by atoms with van der Waals surface area (Å²) in [6.45, 7) is 7.49. The van der Waals surface area contributed by atoms with Crippen molar-refractivity contribution in [3.8, 4) is 0 Å². The van der Waals surface area contributed by atoms with Crippen molar-refractivity contribution in [2.75, 3.05) is 18.6 Å². The van der Waals surface area contributed by atoms with Crippen LogP contribution in [0.5, 0.6) is 0 Å². The van der Waals surface area contributed by atoms with E-state index >= 15 is 0 Å². The Balaban J connectivity index is 1.93. The maximum absolute atomic E-state index is 12.3. The molecule has 5 nitrogen and oxygen atoms in total. The molecule has 0 aliphatic carbocycles. The summed E-state index contributed by atoms with van der Waals surface area (Å²) in [6, 6.07) is 6.82. The lowest BCUT2D eigenvalue weighted by atomic mass is 9.74. The van der Waals surface area contributed by atoms with Crippen molar-refractivity contribution in [3.63, 3.8) is 0 Å². The summed E-state index contributed by atoms with van der Waals surface area (Å²) in [4.78, 5) is 26.8. The fraction of sp³-hybridized carbons (Fsp3) is 0.500. The molecule has 0 radical (unpaired) electrons. The van der Waals surface area contributed by atoms with Gasteiger partial charge in [-0.25, -0.2) is 9.59 Å². The number of benzene rings is 1. The number of methoxy groups -OCH3 is 1. The molecule has 1 aromatic carbocycles. The molecule has 4 rings (SSSR count). The van der Waals surface area contributed by atoms with Gasteiger partial charge in [-0.15, -0.1) is 0 Å². The van der Waals surface area contributed by atoms with Gasteiger partial charge in [0.15, 0.2) is 0 Å². The average molecular weight is 395 g/mol. The number of esters is 2. The van der Waals surface area contributed by atoms with E-state index in [4.69, 9.17) is 9.47 Å². The van der Waals surface area contributed by atoms with Gasteiger partial charge >= 0.3 is 11.9 Å². The quantitative estimate of drug-likeness (QED) is 0.552. The maximum atomic E-state index is 12.3. The second-order valence-electron chi connectivity index (χ2n) is 8.37. The molecular weight excluding hydrogens is 366 g/mol. The van der Waals surface area contributed by atoms with Crippen LogP contribution in [0, 0.1) is 0 Å². The molecule has 2 unspecified atom stereocenters. The molecule has 0 N–H and O–H groups in total. The minimum atomic E-state index is -0.642. The zero-order valence-corrected chi connectivity index (χ0v) is 17.7. The summed E-state index contributed by atoms with van der Waals surface area (Å²) in [5, 5.41) is 0. The third-order valence-corrected chi connectivity index (χ3v) is 6.44. The van der Waals surface area contributed by atoms with Crippen molar-refractivity contribution < 1.29 is 19.1 Å². The predicted octanol–water partition coefficient (Wildman–Crippen LogP) is 4.20. The zero-order chi connectivity index (χ0) is 20.8. The van der Waals surface area contributed by atoms with Gasteiger partial charge in [0.05, 0.1) is 7.11 Å². The maximum Gasteiger partial charge on any atom is 0.346 e. The molecule has 1 aromatic rings. The summed E-state index contributed by atoms with van der Waals surface area (Å²) in [5.74, 6) is -1.23. The van der Waals surface area contributed by atoms with Crippen molar-refractivity contribution in [1.29, 1.82) is 0 Å². The molecule has 5 heteroatoms. The van der Waals surface area contributed by atoms with E-state index in [9.17, 15) is 9.59 Å². The van der Waals surface area contributed by atoms with Gasteiger partial charge in [0.25, 0.3) is 0 Å². The Kier molecular flexibility index (Phi) is 5.01. The van der Waals surface area contributed by atoms with Crippen molar-refractivity contribution in [3.05, 3.63) is 52.2 Å². The lowest BCUT2D eigenvalue weighted by molar-refractivity contribution is -0.149. The smallest absolute Gasteiger partial charge is 0.346 e. The Morgan fingerprint density at radius 1 is 1.31 bits per heavy atom. The SMILES string of the molecule is CCCc1ccc2c(c1)C(C)(CCC)C1=C3C=C(C(=O)OC)C(=O)OC3CCN12. The monoisotopic (exact) mass is 395 g/mol. The van der Waals surface area contributed by atoms with E-state index in [1.54, 1.807) is 6.08 Å². The molecule has 3 aliphatic rings. The molecule has 0 spiro atoms. The summed E-state index contributed by atoms with van der Waals surface area (Å²) >= 11 is 0. The van der Waals surface area contributed by atoms with E-state index in [0.717, 1.165) is 37.8 Å². The molecule has 0 fully saturated rings. The van der Waals surface area contributed by atoms with Gasteiger partial charge in [-0.05, 0) is 43.0 Å². The first-order valence-electron chi connectivity index (χ1n) is 10.6. The summed E-state index contributed by atoms with van der Waals surface area (Å²) in [5.41, 5.74) is 5.87. The minimum absolute atomic E-state index is 0.0189. The number of carbonyl (C=O) groups excluding carboxylic acids is 2. The topological polar surface area (TPSA) is 55.8 Å². The van der Waals surface area contributed by atoms with Gasteiger partial charge in [-0.1, -0.05) is 38.8 Å². The van der Waals surface area contributed by atoms with Crippen LogP contribution in [0.15, 0.2) is 41.1 Å². The van der Waals surface area contributed by atoms with E-state index in [0.29, 0.717) is 6.42 Å². The number of allylic oxidation sites excluding steroid dienone is 1. The van der Waals surface area contributed by atoms with E-state index in [1.807, 2.05) is 0 Å². The van der Waals surface area contributed by atoms with Gasteiger partial charge < -0.3 is 14.4 Å². The van der Waals surface area contributed by atoms with E-state index in [2.05, 4.69) is 43.9 Å². The normalized spacial score (nSPS) is 25.1. The predicted molar refractivity (Wildman–Crippen MR) is 112 cm³/mol. The van der Waals surface area contributed by atoms with Crippen LogP contribution in [-0.2, 0) is 30.9 Å². The van der Waals surface area contributed by atoms with Crippen LogP contribution in [-0.4, -0.2) is 31.7 Å². The van der Waals surface area contributed by atoms with Crippen LogP contribution in [0.4, 0.5) is 5.69 Å². The summed E-state index contributed by atoms with van der Waals surface area (Å²) < 4.78 is 10.5. The Hall–Kier alpha value is -2.56. The van der Waals surface area contributed by atoms with Crippen LogP contribution < -0.4 is 4.90 Å². The first-order chi connectivity index (χ1) is 13.9. The Morgan fingerprint density at radius 2 is 2.10 bits per heavy atom. The second-order valence-corrected chi connectivity index (χ2v) is 8.37. The van der Waals surface area contributed by atoms with Gasteiger partial charge in [0, 0.05) is 35.3 Å². The highest BCUT2D eigenvalue weighted by atomic mass is 16.6. The number of anilines is 1. The lowest BCUT2D eigenvalue weighted by Gasteiger charge is -2.39. The van der Waals surface area contributed by atoms with Crippen LogP contribution in [0.2, 0.25) is 0 Å².